The van der Waals surface area contributed by atoms with E-state index in [1.807, 2.05) is 0 Å². The summed E-state index contributed by atoms with van der Waals surface area (Å²) in [6.07, 6.45) is 7.27. The lowest BCUT2D eigenvalue weighted by atomic mass is 9.93. The molecule has 1 aliphatic rings. The van der Waals surface area contributed by atoms with Gasteiger partial charge in [-0.25, -0.2) is 0 Å². The number of esters is 1. The van der Waals surface area contributed by atoms with Crippen LogP contribution in [0.1, 0.15) is 62.7 Å². The van der Waals surface area contributed by atoms with Gasteiger partial charge >= 0.3 is 5.97 Å². The minimum Gasteiger partial charge on any atom is -0.469 e. The monoisotopic (exact) mass is 342 g/mol. The highest BCUT2D eigenvalue weighted by Crippen LogP contribution is 2.37. The lowest BCUT2D eigenvalue weighted by Crippen LogP contribution is -2.36. The van der Waals surface area contributed by atoms with Crippen LogP contribution in [0.4, 0.5) is 0 Å². The van der Waals surface area contributed by atoms with Crippen LogP contribution in [-0.2, 0) is 16.0 Å². The van der Waals surface area contributed by atoms with Crippen LogP contribution in [0.25, 0.3) is 10.9 Å². The van der Waals surface area contributed by atoms with Crippen molar-refractivity contribution >= 4 is 16.9 Å². The van der Waals surface area contributed by atoms with E-state index in [1.54, 1.807) is 0 Å². The van der Waals surface area contributed by atoms with E-state index in [-0.39, 0.29) is 5.97 Å². The van der Waals surface area contributed by atoms with Gasteiger partial charge in [-0.3, -0.25) is 9.69 Å². The summed E-state index contributed by atoms with van der Waals surface area (Å²) in [5, 5.41) is 1.36. The maximum absolute atomic E-state index is 11.5. The molecule has 0 radical (unpaired) electrons. The van der Waals surface area contributed by atoms with Gasteiger partial charge in [-0.15, -0.1) is 0 Å². The van der Waals surface area contributed by atoms with Gasteiger partial charge < -0.3 is 9.72 Å². The van der Waals surface area contributed by atoms with Gasteiger partial charge in [0.2, 0.25) is 0 Å². The van der Waals surface area contributed by atoms with Gasteiger partial charge in [0.1, 0.15) is 0 Å². The van der Waals surface area contributed by atoms with Gasteiger partial charge in [0.25, 0.3) is 0 Å². The summed E-state index contributed by atoms with van der Waals surface area (Å²) in [4.78, 5) is 17.8. The molecular formula is C21H30N2O2. The van der Waals surface area contributed by atoms with Gasteiger partial charge in [0.05, 0.1) is 13.2 Å². The summed E-state index contributed by atoms with van der Waals surface area (Å²) in [5.41, 5.74) is 4.08. The number of aromatic amines is 1. The van der Waals surface area contributed by atoms with Crippen molar-refractivity contribution in [3.8, 4) is 0 Å². The number of nitrogens with one attached hydrogen (secondary N) is 1. The zero-order valence-corrected chi connectivity index (χ0v) is 15.5. The van der Waals surface area contributed by atoms with Crippen LogP contribution in [0.2, 0.25) is 0 Å². The number of ether oxygens (including phenoxy) is 1. The zero-order valence-electron chi connectivity index (χ0n) is 15.5. The quantitative estimate of drug-likeness (QED) is 0.563. The van der Waals surface area contributed by atoms with Crippen molar-refractivity contribution in [3.63, 3.8) is 0 Å². The molecule has 0 aliphatic carbocycles. The first-order valence-electron chi connectivity index (χ1n) is 9.65. The van der Waals surface area contributed by atoms with Crippen molar-refractivity contribution in [2.45, 2.75) is 57.9 Å². The molecule has 136 valence electrons. The second-order valence-corrected chi connectivity index (χ2v) is 7.04. The molecule has 0 spiro atoms. The standard InChI is InChI=1S/C21H30N2O2/c1-3-4-7-14-23-15-13-17-16-9-5-6-10-18(16)22-21(17)19(23)11-8-12-20(24)25-2/h5-6,9-10,19,22H,3-4,7-8,11-15H2,1-2H3. The van der Waals surface area contributed by atoms with Crippen molar-refractivity contribution < 1.29 is 9.53 Å². The Bertz CT molecular complexity index is 707. The number of carbonyl (C=O) groups excluding carboxylic acids is 1. The number of hydrogen-bond donors (Lipinski definition) is 1. The lowest BCUT2D eigenvalue weighted by Gasteiger charge is -2.36. The van der Waals surface area contributed by atoms with Crippen LogP contribution in [0.15, 0.2) is 24.3 Å². The Morgan fingerprint density at radius 1 is 1.28 bits per heavy atom. The third kappa shape index (κ3) is 4.06. The Kier molecular flexibility index (Phi) is 6.14. The molecule has 1 aliphatic heterocycles. The van der Waals surface area contributed by atoms with Crippen LogP contribution in [0.5, 0.6) is 0 Å². The van der Waals surface area contributed by atoms with Crippen molar-refractivity contribution in [2.24, 2.45) is 0 Å². The van der Waals surface area contributed by atoms with Gasteiger partial charge in [-0.1, -0.05) is 38.0 Å². The first-order valence-corrected chi connectivity index (χ1v) is 9.65. The first kappa shape index (κ1) is 18.0. The molecular weight excluding hydrogens is 312 g/mol. The van der Waals surface area contributed by atoms with Crippen LogP contribution in [0.3, 0.4) is 0 Å². The molecule has 0 bridgehead atoms. The van der Waals surface area contributed by atoms with Crippen LogP contribution in [-0.4, -0.2) is 36.1 Å². The van der Waals surface area contributed by atoms with Crippen molar-refractivity contribution in [1.82, 2.24) is 9.88 Å². The van der Waals surface area contributed by atoms with Crippen LogP contribution < -0.4 is 0 Å². The largest absolute Gasteiger partial charge is 0.469 e. The highest BCUT2D eigenvalue weighted by molar-refractivity contribution is 5.85. The van der Waals surface area contributed by atoms with Gasteiger partial charge in [-0.05, 0) is 43.9 Å². The predicted molar refractivity (Wildman–Crippen MR) is 102 cm³/mol. The molecule has 0 saturated heterocycles. The van der Waals surface area contributed by atoms with E-state index < -0.39 is 0 Å². The second-order valence-electron chi connectivity index (χ2n) is 7.04. The fourth-order valence-corrected chi connectivity index (χ4v) is 4.07. The first-order chi connectivity index (χ1) is 12.2. The van der Waals surface area contributed by atoms with Gasteiger partial charge in [-0.2, -0.15) is 0 Å². The number of fused-ring (bicyclic) bond motifs is 3. The Labute approximate surface area is 150 Å². The van der Waals surface area contributed by atoms with Gasteiger partial charge in [0.15, 0.2) is 0 Å². The summed E-state index contributed by atoms with van der Waals surface area (Å²) in [5.74, 6) is -0.106. The molecule has 3 rings (SSSR count). The summed E-state index contributed by atoms with van der Waals surface area (Å²) in [6, 6.07) is 8.99. The molecule has 0 amide bonds. The Balaban J connectivity index is 1.80. The summed E-state index contributed by atoms with van der Waals surface area (Å²) >= 11 is 0. The van der Waals surface area contributed by atoms with E-state index in [9.17, 15) is 4.79 Å². The molecule has 1 unspecified atom stereocenters. The Morgan fingerprint density at radius 2 is 2.12 bits per heavy atom. The molecule has 1 aromatic carbocycles. The van der Waals surface area contributed by atoms with Crippen molar-refractivity contribution in [3.05, 3.63) is 35.5 Å². The second kappa shape index (κ2) is 8.52. The molecule has 2 heterocycles. The predicted octanol–water partition coefficient (Wildman–Crippen LogP) is 4.60. The van der Waals surface area contributed by atoms with E-state index >= 15 is 0 Å². The fraction of sp³-hybridized carbons (Fsp3) is 0.571. The lowest BCUT2D eigenvalue weighted by molar-refractivity contribution is -0.140. The third-order valence-corrected chi connectivity index (χ3v) is 5.40. The van der Waals surface area contributed by atoms with Crippen LogP contribution >= 0.6 is 0 Å². The fourth-order valence-electron chi connectivity index (χ4n) is 4.07. The highest BCUT2D eigenvalue weighted by atomic mass is 16.5. The molecule has 25 heavy (non-hydrogen) atoms. The van der Waals surface area contributed by atoms with Crippen LogP contribution in [0, 0.1) is 0 Å². The number of rotatable bonds is 8. The van der Waals surface area contributed by atoms with Crippen molar-refractivity contribution in [1.29, 1.82) is 0 Å². The van der Waals surface area contributed by atoms with E-state index in [0.29, 0.717) is 12.5 Å². The number of aromatic nitrogens is 1. The minimum absolute atomic E-state index is 0.106. The molecule has 1 atom stereocenters. The molecule has 0 saturated carbocycles. The van der Waals surface area contributed by atoms with E-state index in [1.165, 1.54) is 48.5 Å². The Morgan fingerprint density at radius 3 is 2.92 bits per heavy atom. The summed E-state index contributed by atoms with van der Waals surface area (Å²) in [6.45, 7) is 4.51. The molecule has 4 heteroatoms. The number of H-pyrrole nitrogens is 1. The summed E-state index contributed by atoms with van der Waals surface area (Å²) in [7, 11) is 1.47. The molecule has 1 aromatic heterocycles. The average molecular weight is 342 g/mol. The topological polar surface area (TPSA) is 45.3 Å². The van der Waals surface area contributed by atoms with E-state index in [2.05, 4.69) is 41.1 Å². The number of carbonyl (C=O) groups is 1. The number of methoxy groups -OCH3 is 1. The summed E-state index contributed by atoms with van der Waals surface area (Å²) < 4.78 is 4.80. The number of unbranched alkanes of at least 4 members (excludes halogenated alkanes) is 2. The number of nitrogens with zero attached hydrogens (tertiary/aromatic N) is 1. The zero-order chi connectivity index (χ0) is 17.6. The SMILES string of the molecule is CCCCCN1CCc2c([nH]c3ccccc23)C1CCCC(=O)OC. The van der Waals surface area contributed by atoms with Gasteiger partial charge in [0, 0.05) is 29.6 Å². The minimum atomic E-state index is -0.106. The van der Waals surface area contributed by atoms with E-state index in [4.69, 9.17) is 4.74 Å². The third-order valence-electron chi connectivity index (χ3n) is 5.40. The molecule has 2 aromatic rings. The Hall–Kier alpha value is -1.81. The maximum atomic E-state index is 11.5. The average Bonchev–Trinajstić information content (AvgIpc) is 3.01. The maximum Gasteiger partial charge on any atom is 0.305 e. The van der Waals surface area contributed by atoms with E-state index in [0.717, 1.165) is 32.4 Å². The molecule has 4 nitrogen and oxygen atoms in total. The smallest absolute Gasteiger partial charge is 0.305 e. The molecule has 0 fully saturated rings. The number of hydrogen-bond acceptors (Lipinski definition) is 3. The molecule has 1 N–H and O–H groups in total. The highest BCUT2D eigenvalue weighted by Gasteiger charge is 2.29. The normalized spacial score (nSPS) is 17.6. The van der Waals surface area contributed by atoms with Crippen molar-refractivity contribution in [2.75, 3.05) is 20.2 Å². The number of benzene rings is 1. The number of para-hydroxylation sites is 1.